The third-order valence-electron chi connectivity index (χ3n) is 3.66. The molecule has 2 nitrogen and oxygen atoms in total. The molecule has 1 aliphatic rings. The summed E-state index contributed by atoms with van der Waals surface area (Å²) in [7, 11) is 2.22. The molecule has 1 saturated heterocycles. The molecule has 0 radical (unpaired) electrons. The minimum Gasteiger partial charge on any atom is -0.316 e. The number of halogens is 1. The van der Waals surface area contributed by atoms with Crippen LogP contribution in [0.3, 0.4) is 0 Å². The molecule has 0 amide bonds. The largest absolute Gasteiger partial charge is 0.316 e. The smallest absolute Gasteiger partial charge is 0.0231 e. The summed E-state index contributed by atoms with van der Waals surface area (Å²) >= 11 is 3.52. The Morgan fingerprint density at radius 3 is 3.06 bits per heavy atom. The molecule has 1 N–H and O–H groups in total. The van der Waals surface area contributed by atoms with Crippen LogP contribution in [0.25, 0.3) is 0 Å². The van der Waals surface area contributed by atoms with E-state index in [0.29, 0.717) is 0 Å². The van der Waals surface area contributed by atoms with Crippen LogP contribution < -0.4 is 5.32 Å². The van der Waals surface area contributed by atoms with E-state index in [-0.39, 0.29) is 0 Å². The minimum atomic E-state index is 0.921. The van der Waals surface area contributed by atoms with Gasteiger partial charge in [0.1, 0.15) is 0 Å². The van der Waals surface area contributed by atoms with Gasteiger partial charge in [0.05, 0.1) is 0 Å². The normalized spacial score (nSPS) is 19.6. The average Bonchev–Trinajstić information content (AvgIpc) is 2.82. The summed E-state index contributed by atoms with van der Waals surface area (Å²) in [6.07, 6.45) is 4.06. The fourth-order valence-corrected chi connectivity index (χ4v) is 3.08. The fourth-order valence-electron chi connectivity index (χ4n) is 2.64. The molecule has 1 fully saturated rings. The first kappa shape index (κ1) is 14.0. The van der Waals surface area contributed by atoms with Crippen LogP contribution in [0.4, 0.5) is 0 Å². The van der Waals surface area contributed by atoms with Crippen molar-refractivity contribution in [2.45, 2.75) is 25.8 Å². The lowest BCUT2D eigenvalue weighted by Gasteiger charge is -2.18. The van der Waals surface area contributed by atoms with Gasteiger partial charge in [0.2, 0.25) is 0 Å². The molecule has 0 bridgehead atoms. The second-order valence-electron chi connectivity index (χ2n) is 5.37. The Morgan fingerprint density at radius 2 is 2.33 bits per heavy atom. The molecule has 0 saturated carbocycles. The van der Waals surface area contributed by atoms with E-state index in [1.165, 1.54) is 48.9 Å². The van der Waals surface area contributed by atoms with Crippen LogP contribution in [-0.2, 0) is 6.54 Å². The van der Waals surface area contributed by atoms with Gasteiger partial charge in [-0.15, -0.1) is 0 Å². The minimum absolute atomic E-state index is 0.921. The van der Waals surface area contributed by atoms with Crippen LogP contribution in [0.1, 0.15) is 24.8 Å². The van der Waals surface area contributed by atoms with E-state index in [4.69, 9.17) is 0 Å². The van der Waals surface area contributed by atoms with Gasteiger partial charge in [-0.3, -0.25) is 0 Å². The van der Waals surface area contributed by atoms with Crippen molar-refractivity contribution >= 4 is 15.9 Å². The van der Waals surface area contributed by atoms with Crippen molar-refractivity contribution in [1.82, 2.24) is 10.2 Å². The quantitative estimate of drug-likeness (QED) is 0.867. The van der Waals surface area contributed by atoms with Crippen molar-refractivity contribution in [3.8, 4) is 0 Å². The van der Waals surface area contributed by atoms with Crippen LogP contribution in [0.2, 0.25) is 0 Å². The second kappa shape index (κ2) is 7.27. The molecular formula is C15H23BrN2. The maximum atomic E-state index is 3.52. The lowest BCUT2D eigenvalue weighted by molar-refractivity contribution is 0.308. The number of nitrogens with one attached hydrogen (secondary N) is 1. The Hall–Kier alpha value is -0.380. The van der Waals surface area contributed by atoms with Gasteiger partial charge in [0, 0.05) is 11.0 Å². The molecule has 100 valence electrons. The van der Waals surface area contributed by atoms with Crippen LogP contribution in [0.15, 0.2) is 28.7 Å². The number of hydrogen-bond donors (Lipinski definition) is 1. The number of hydrogen-bond acceptors (Lipinski definition) is 2. The summed E-state index contributed by atoms with van der Waals surface area (Å²) in [4.78, 5) is 2.42. The maximum Gasteiger partial charge on any atom is 0.0231 e. The summed E-state index contributed by atoms with van der Waals surface area (Å²) in [5.74, 6) is 0.921. The first-order valence-electron chi connectivity index (χ1n) is 6.88. The highest BCUT2D eigenvalue weighted by atomic mass is 79.9. The van der Waals surface area contributed by atoms with Gasteiger partial charge in [-0.25, -0.2) is 0 Å². The third-order valence-corrected chi connectivity index (χ3v) is 4.15. The first-order valence-corrected chi connectivity index (χ1v) is 7.67. The highest BCUT2D eigenvalue weighted by molar-refractivity contribution is 9.10. The van der Waals surface area contributed by atoms with Gasteiger partial charge in [-0.1, -0.05) is 28.1 Å². The molecule has 1 heterocycles. The lowest BCUT2D eigenvalue weighted by atomic mass is 10.0. The molecule has 1 aromatic carbocycles. The van der Waals surface area contributed by atoms with Gasteiger partial charge in [-0.2, -0.15) is 0 Å². The van der Waals surface area contributed by atoms with Crippen LogP contribution in [-0.4, -0.2) is 31.6 Å². The standard InChI is InChI=1S/C15H23BrN2/c1-18(9-3-5-13-7-8-17-11-13)12-14-4-2-6-15(16)10-14/h2,4,6,10,13,17H,3,5,7-9,11-12H2,1H3. The van der Waals surface area contributed by atoms with E-state index < -0.39 is 0 Å². The summed E-state index contributed by atoms with van der Waals surface area (Å²) in [5, 5.41) is 3.44. The molecule has 2 rings (SSSR count). The number of benzene rings is 1. The van der Waals surface area contributed by atoms with E-state index in [0.717, 1.165) is 12.5 Å². The SMILES string of the molecule is CN(CCCC1CCNC1)Cc1cccc(Br)c1. The highest BCUT2D eigenvalue weighted by Gasteiger charge is 2.13. The molecule has 3 heteroatoms. The Bertz CT molecular complexity index is 361. The van der Waals surface area contributed by atoms with Crippen LogP contribution >= 0.6 is 15.9 Å². The number of nitrogens with zero attached hydrogens (tertiary/aromatic N) is 1. The maximum absolute atomic E-state index is 3.52. The molecule has 0 aliphatic carbocycles. The molecule has 0 aromatic heterocycles. The van der Waals surface area contributed by atoms with Crippen molar-refractivity contribution in [3.05, 3.63) is 34.3 Å². The van der Waals surface area contributed by atoms with E-state index in [1.54, 1.807) is 0 Å². The monoisotopic (exact) mass is 310 g/mol. The average molecular weight is 311 g/mol. The first-order chi connectivity index (χ1) is 8.74. The van der Waals surface area contributed by atoms with Crippen LogP contribution in [0, 0.1) is 5.92 Å². The van der Waals surface area contributed by atoms with Crippen molar-refractivity contribution in [2.75, 3.05) is 26.7 Å². The second-order valence-corrected chi connectivity index (χ2v) is 6.28. The van der Waals surface area contributed by atoms with Gasteiger partial charge >= 0.3 is 0 Å². The Morgan fingerprint density at radius 1 is 1.44 bits per heavy atom. The molecule has 1 aliphatic heterocycles. The Labute approximate surface area is 119 Å². The zero-order valence-electron chi connectivity index (χ0n) is 11.2. The van der Waals surface area contributed by atoms with Gasteiger partial charge < -0.3 is 10.2 Å². The highest BCUT2D eigenvalue weighted by Crippen LogP contribution is 2.16. The third kappa shape index (κ3) is 4.71. The molecule has 1 aromatic rings. The molecule has 0 spiro atoms. The van der Waals surface area contributed by atoms with Crippen molar-refractivity contribution in [1.29, 1.82) is 0 Å². The lowest BCUT2D eigenvalue weighted by Crippen LogP contribution is -2.20. The van der Waals surface area contributed by atoms with E-state index in [2.05, 4.69) is 57.5 Å². The predicted octanol–water partition coefficient (Wildman–Crippen LogP) is 3.27. The fraction of sp³-hybridized carbons (Fsp3) is 0.600. The summed E-state index contributed by atoms with van der Waals surface area (Å²) < 4.78 is 1.17. The van der Waals surface area contributed by atoms with Gasteiger partial charge in [0.25, 0.3) is 0 Å². The van der Waals surface area contributed by atoms with Crippen molar-refractivity contribution in [3.63, 3.8) is 0 Å². The summed E-state index contributed by atoms with van der Waals surface area (Å²) in [6.45, 7) is 4.69. The predicted molar refractivity (Wildman–Crippen MR) is 80.7 cm³/mol. The van der Waals surface area contributed by atoms with Gasteiger partial charge in [0.15, 0.2) is 0 Å². The van der Waals surface area contributed by atoms with Gasteiger partial charge in [-0.05, 0) is 69.6 Å². The van der Waals surface area contributed by atoms with E-state index in [1.807, 2.05) is 0 Å². The zero-order chi connectivity index (χ0) is 12.8. The molecular weight excluding hydrogens is 288 g/mol. The van der Waals surface area contributed by atoms with Crippen molar-refractivity contribution in [2.24, 2.45) is 5.92 Å². The number of rotatable bonds is 6. The zero-order valence-corrected chi connectivity index (χ0v) is 12.7. The Kier molecular flexibility index (Phi) is 5.67. The van der Waals surface area contributed by atoms with Crippen LogP contribution in [0.5, 0.6) is 0 Å². The topological polar surface area (TPSA) is 15.3 Å². The molecule has 18 heavy (non-hydrogen) atoms. The Balaban J connectivity index is 1.66. The van der Waals surface area contributed by atoms with E-state index >= 15 is 0 Å². The van der Waals surface area contributed by atoms with E-state index in [9.17, 15) is 0 Å². The summed E-state index contributed by atoms with van der Waals surface area (Å²) in [6, 6.07) is 8.59. The molecule has 1 unspecified atom stereocenters. The van der Waals surface area contributed by atoms with Crippen molar-refractivity contribution < 1.29 is 0 Å². The molecule has 1 atom stereocenters. The summed E-state index contributed by atoms with van der Waals surface area (Å²) in [5.41, 5.74) is 1.38.